The van der Waals surface area contributed by atoms with Gasteiger partial charge in [0, 0.05) is 12.6 Å². The van der Waals surface area contributed by atoms with Crippen LogP contribution in [-0.2, 0) is 6.54 Å². The highest BCUT2D eigenvalue weighted by Gasteiger charge is 2.19. The molecule has 1 rings (SSSR count). The van der Waals surface area contributed by atoms with Gasteiger partial charge in [-0.2, -0.15) is 0 Å². The van der Waals surface area contributed by atoms with Gasteiger partial charge in [0.1, 0.15) is 5.69 Å². The molecule has 0 aliphatic heterocycles. The van der Waals surface area contributed by atoms with Crippen molar-refractivity contribution in [3.8, 4) is 12.3 Å². The molecule has 6 heteroatoms. The molecule has 1 unspecified atom stereocenters. The van der Waals surface area contributed by atoms with Crippen LogP contribution in [0, 0.1) is 22.5 Å². The van der Waals surface area contributed by atoms with Crippen molar-refractivity contribution in [1.29, 1.82) is 0 Å². The first-order chi connectivity index (χ1) is 8.49. The van der Waals surface area contributed by atoms with E-state index in [4.69, 9.17) is 6.42 Å². The predicted molar refractivity (Wildman–Crippen MR) is 67.1 cm³/mol. The maximum atomic E-state index is 11.9. The number of carbonyl (C=O) groups is 1. The molecule has 1 aromatic heterocycles. The van der Waals surface area contributed by atoms with E-state index in [1.165, 1.54) is 12.3 Å². The lowest BCUT2D eigenvalue weighted by molar-refractivity contribution is -0.384. The third-order valence-electron chi connectivity index (χ3n) is 2.39. The van der Waals surface area contributed by atoms with E-state index >= 15 is 0 Å². The van der Waals surface area contributed by atoms with Crippen molar-refractivity contribution in [3.05, 3.63) is 28.1 Å². The molecule has 6 nitrogen and oxygen atoms in total. The number of hydrogen-bond donors (Lipinski definition) is 1. The minimum Gasteiger partial charge on any atom is -0.337 e. The molecule has 1 heterocycles. The normalized spacial score (nSPS) is 11.6. The Hall–Kier alpha value is -2.29. The number of nitro groups is 1. The van der Waals surface area contributed by atoms with E-state index in [2.05, 4.69) is 11.2 Å². The molecule has 1 aromatic rings. The zero-order valence-electron chi connectivity index (χ0n) is 10.3. The molecule has 0 saturated heterocycles. The summed E-state index contributed by atoms with van der Waals surface area (Å²) < 4.78 is 1.57. The molecule has 18 heavy (non-hydrogen) atoms. The Morgan fingerprint density at radius 1 is 1.72 bits per heavy atom. The van der Waals surface area contributed by atoms with Gasteiger partial charge in [-0.15, -0.1) is 6.42 Å². The van der Waals surface area contributed by atoms with E-state index in [1.54, 1.807) is 11.5 Å². The van der Waals surface area contributed by atoms with Gasteiger partial charge in [-0.3, -0.25) is 14.9 Å². The second-order valence-electron chi connectivity index (χ2n) is 3.90. The van der Waals surface area contributed by atoms with Crippen molar-refractivity contribution < 1.29 is 9.72 Å². The summed E-state index contributed by atoms with van der Waals surface area (Å²) in [4.78, 5) is 22.1. The Kier molecular flexibility index (Phi) is 4.49. The van der Waals surface area contributed by atoms with Crippen LogP contribution in [0.5, 0.6) is 0 Å². The average Bonchev–Trinajstić information content (AvgIpc) is 2.73. The van der Waals surface area contributed by atoms with E-state index < -0.39 is 16.9 Å². The first-order valence-electron chi connectivity index (χ1n) is 5.61. The van der Waals surface area contributed by atoms with Gasteiger partial charge in [0.15, 0.2) is 0 Å². The second kappa shape index (κ2) is 5.87. The molecule has 0 aliphatic rings. The monoisotopic (exact) mass is 249 g/mol. The number of aryl methyl sites for hydroxylation is 1. The minimum atomic E-state index is -0.520. The fourth-order valence-corrected chi connectivity index (χ4v) is 1.52. The standard InChI is InChI=1S/C12H15N3O3/c1-4-6-14-8-10(15(17)18)7-11(14)12(16)13-9(3)5-2/h2,7-9H,4,6H2,1,3H3,(H,13,16). The summed E-state index contributed by atoms with van der Waals surface area (Å²) >= 11 is 0. The Morgan fingerprint density at radius 2 is 2.39 bits per heavy atom. The summed E-state index contributed by atoms with van der Waals surface area (Å²) in [5.74, 6) is 1.97. The molecular weight excluding hydrogens is 234 g/mol. The van der Waals surface area contributed by atoms with E-state index in [9.17, 15) is 14.9 Å². The number of carbonyl (C=O) groups excluding carboxylic acids is 1. The molecule has 0 aliphatic carbocycles. The number of hydrogen-bond acceptors (Lipinski definition) is 3. The van der Waals surface area contributed by atoms with Crippen molar-refractivity contribution in [2.45, 2.75) is 32.9 Å². The van der Waals surface area contributed by atoms with Crippen LogP contribution in [0.3, 0.4) is 0 Å². The van der Waals surface area contributed by atoms with Gasteiger partial charge in [-0.25, -0.2) is 0 Å². The Morgan fingerprint density at radius 3 is 2.89 bits per heavy atom. The highest BCUT2D eigenvalue weighted by Crippen LogP contribution is 2.17. The van der Waals surface area contributed by atoms with Crippen molar-refractivity contribution in [2.75, 3.05) is 0 Å². The molecule has 1 amide bonds. The highest BCUT2D eigenvalue weighted by molar-refractivity contribution is 5.93. The lowest BCUT2D eigenvalue weighted by Crippen LogP contribution is -2.32. The van der Waals surface area contributed by atoms with Crippen LogP contribution in [0.4, 0.5) is 5.69 Å². The molecule has 0 radical (unpaired) electrons. The first kappa shape index (κ1) is 13.8. The minimum absolute atomic E-state index is 0.0954. The van der Waals surface area contributed by atoms with Gasteiger partial charge in [0.2, 0.25) is 0 Å². The van der Waals surface area contributed by atoms with Gasteiger partial charge in [0.05, 0.1) is 17.2 Å². The molecule has 0 spiro atoms. The van der Waals surface area contributed by atoms with Crippen molar-refractivity contribution in [3.63, 3.8) is 0 Å². The number of rotatable bonds is 5. The number of nitrogens with zero attached hydrogens (tertiary/aromatic N) is 2. The Bertz CT molecular complexity index is 499. The van der Waals surface area contributed by atoms with Gasteiger partial charge in [0.25, 0.3) is 11.6 Å². The SMILES string of the molecule is C#CC(C)NC(=O)c1cc([N+](=O)[O-])cn1CCC. The van der Waals surface area contributed by atoms with Crippen LogP contribution >= 0.6 is 0 Å². The smallest absolute Gasteiger partial charge is 0.287 e. The van der Waals surface area contributed by atoms with Gasteiger partial charge in [-0.1, -0.05) is 12.8 Å². The number of terminal acetylenes is 1. The van der Waals surface area contributed by atoms with E-state index in [1.807, 2.05) is 6.92 Å². The molecule has 1 atom stereocenters. The topological polar surface area (TPSA) is 77.2 Å². The molecule has 96 valence electrons. The van der Waals surface area contributed by atoms with E-state index in [0.717, 1.165) is 6.42 Å². The van der Waals surface area contributed by atoms with E-state index in [0.29, 0.717) is 6.54 Å². The number of nitrogens with one attached hydrogen (secondary N) is 1. The Labute approximate surface area is 105 Å². The van der Waals surface area contributed by atoms with Crippen molar-refractivity contribution in [1.82, 2.24) is 9.88 Å². The third-order valence-corrected chi connectivity index (χ3v) is 2.39. The summed E-state index contributed by atoms with van der Waals surface area (Å²) in [5, 5.41) is 13.3. The zero-order valence-corrected chi connectivity index (χ0v) is 10.3. The summed E-state index contributed by atoms with van der Waals surface area (Å²) in [5.41, 5.74) is 0.160. The predicted octanol–water partition coefficient (Wildman–Crippen LogP) is 1.56. The number of amides is 1. The molecule has 1 N–H and O–H groups in total. The number of aromatic nitrogens is 1. The fraction of sp³-hybridized carbons (Fsp3) is 0.417. The maximum absolute atomic E-state index is 11.9. The van der Waals surface area contributed by atoms with Crippen molar-refractivity contribution in [2.24, 2.45) is 0 Å². The lowest BCUT2D eigenvalue weighted by Gasteiger charge is -2.09. The summed E-state index contributed by atoms with van der Waals surface area (Å²) in [6.45, 7) is 4.14. The fourth-order valence-electron chi connectivity index (χ4n) is 1.52. The van der Waals surface area contributed by atoms with Crippen molar-refractivity contribution >= 4 is 11.6 Å². The zero-order chi connectivity index (χ0) is 13.7. The lowest BCUT2D eigenvalue weighted by atomic mass is 10.3. The Balaban J connectivity index is 3.02. The quantitative estimate of drug-likeness (QED) is 0.488. The third kappa shape index (κ3) is 3.10. The van der Waals surface area contributed by atoms with Crippen LogP contribution < -0.4 is 5.32 Å². The maximum Gasteiger partial charge on any atom is 0.287 e. The van der Waals surface area contributed by atoms with Gasteiger partial charge >= 0.3 is 0 Å². The highest BCUT2D eigenvalue weighted by atomic mass is 16.6. The van der Waals surface area contributed by atoms with Crippen LogP contribution in [-0.4, -0.2) is 21.4 Å². The van der Waals surface area contributed by atoms with E-state index in [-0.39, 0.29) is 11.4 Å². The summed E-state index contributed by atoms with van der Waals surface area (Å²) in [6.07, 6.45) is 7.30. The van der Waals surface area contributed by atoms with Gasteiger partial charge < -0.3 is 9.88 Å². The summed E-state index contributed by atoms with van der Waals surface area (Å²) in [7, 11) is 0. The second-order valence-corrected chi connectivity index (χ2v) is 3.90. The largest absolute Gasteiger partial charge is 0.337 e. The molecule has 0 bridgehead atoms. The summed E-state index contributed by atoms with van der Waals surface area (Å²) in [6, 6.07) is 0.843. The molecule has 0 aromatic carbocycles. The molecule has 0 saturated carbocycles. The van der Waals surface area contributed by atoms with Crippen LogP contribution in [0.25, 0.3) is 0 Å². The first-order valence-corrected chi connectivity index (χ1v) is 5.61. The molecule has 0 fully saturated rings. The van der Waals surface area contributed by atoms with Crippen LogP contribution in [0.1, 0.15) is 30.8 Å². The van der Waals surface area contributed by atoms with Crippen LogP contribution in [0.15, 0.2) is 12.3 Å². The average molecular weight is 249 g/mol. The van der Waals surface area contributed by atoms with Crippen LogP contribution in [0.2, 0.25) is 0 Å². The molecular formula is C12H15N3O3. The van der Waals surface area contributed by atoms with Gasteiger partial charge in [-0.05, 0) is 13.3 Å².